The number of tetrazole rings is 1. The molecule has 1 aliphatic rings. The maximum Gasteiger partial charge on any atom is 0.214 e. The van der Waals surface area contributed by atoms with E-state index in [9.17, 15) is 0 Å². The Balaban J connectivity index is 1.87. The first-order valence-electron chi connectivity index (χ1n) is 6.73. The Morgan fingerprint density at radius 1 is 1.45 bits per heavy atom. The molecule has 0 bridgehead atoms. The molecule has 3 rings (SSSR count). The SMILES string of the molecule is CCNCc1cccc(Cl)c1Sc1nnnn1C1CC1. The molecule has 7 heteroatoms. The molecular weight excluding hydrogens is 294 g/mol. The molecule has 1 heterocycles. The van der Waals surface area contributed by atoms with Gasteiger partial charge in [0.2, 0.25) is 5.16 Å². The van der Waals surface area contributed by atoms with Gasteiger partial charge in [0.15, 0.2) is 0 Å². The Kier molecular flexibility index (Phi) is 4.24. The third-order valence-electron chi connectivity index (χ3n) is 3.16. The van der Waals surface area contributed by atoms with Crippen LogP contribution in [0.15, 0.2) is 28.3 Å². The molecule has 0 saturated heterocycles. The third kappa shape index (κ3) is 2.97. The highest BCUT2D eigenvalue weighted by Gasteiger charge is 2.28. The number of hydrogen-bond acceptors (Lipinski definition) is 5. The lowest BCUT2D eigenvalue weighted by molar-refractivity contribution is 0.565. The second kappa shape index (κ2) is 6.11. The molecule has 1 aliphatic carbocycles. The molecule has 0 atom stereocenters. The summed E-state index contributed by atoms with van der Waals surface area (Å²) in [5, 5.41) is 16.9. The molecule has 0 aliphatic heterocycles. The third-order valence-corrected chi connectivity index (χ3v) is 4.73. The number of benzene rings is 1. The highest BCUT2D eigenvalue weighted by molar-refractivity contribution is 7.99. The van der Waals surface area contributed by atoms with E-state index in [-0.39, 0.29) is 0 Å². The van der Waals surface area contributed by atoms with Crippen LogP contribution in [0.3, 0.4) is 0 Å². The molecule has 106 valence electrons. The fourth-order valence-electron chi connectivity index (χ4n) is 1.96. The Hall–Kier alpha value is -1.11. The molecule has 1 N–H and O–H groups in total. The molecule has 1 aromatic heterocycles. The summed E-state index contributed by atoms with van der Waals surface area (Å²) in [6, 6.07) is 6.43. The monoisotopic (exact) mass is 309 g/mol. The number of nitrogens with zero attached hydrogens (tertiary/aromatic N) is 4. The zero-order valence-corrected chi connectivity index (χ0v) is 12.8. The van der Waals surface area contributed by atoms with E-state index in [1.807, 2.05) is 16.8 Å². The van der Waals surface area contributed by atoms with E-state index in [1.165, 1.54) is 5.56 Å². The average Bonchev–Trinajstić information content (AvgIpc) is 3.19. The minimum atomic E-state index is 0.465. The summed E-state index contributed by atoms with van der Waals surface area (Å²) in [4.78, 5) is 1.03. The number of rotatable bonds is 6. The van der Waals surface area contributed by atoms with E-state index < -0.39 is 0 Å². The molecule has 20 heavy (non-hydrogen) atoms. The van der Waals surface area contributed by atoms with Crippen molar-refractivity contribution in [2.45, 2.75) is 42.4 Å². The summed E-state index contributed by atoms with van der Waals surface area (Å²) in [5.41, 5.74) is 1.18. The quantitative estimate of drug-likeness (QED) is 0.889. The molecule has 0 spiro atoms. The molecule has 0 amide bonds. The molecule has 2 aromatic rings. The summed E-state index contributed by atoms with van der Waals surface area (Å²) >= 11 is 7.89. The van der Waals surface area contributed by atoms with Crippen LogP contribution >= 0.6 is 23.4 Å². The molecule has 0 unspecified atom stereocenters. The summed E-state index contributed by atoms with van der Waals surface area (Å²) in [6.07, 6.45) is 2.32. The van der Waals surface area contributed by atoms with E-state index in [0.29, 0.717) is 6.04 Å². The Morgan fingerprint density at radius 3 is 3.05 bits per heavy atom. The van der Waals surface area contributed by atoms with Crippen LogP contribution in [0.2, 0.25) is 5.02 Å². The van der Waals surface area contributed by atoms with Crippen LogP contribution in [-0.4, -0.2) is 26.8 Å². The summed E-state index contributed by atoms with van der Waals surface area (Å²) in [5.74, 6) is 0. The lowest BCUT2D eigenvalue weighted by Gasteiger charge is -2.11. The van der Waals surface area contributed by atoms with E-state index in [4.69, 9.17) is 11.6 Å². The summed E-state index contributed by atoms with van der Waals surface area (Å²) < 4.78 is 1.91. The van der Waals surface area contributed by atoms with Crippen LogP contribution in [0.4, 0.5) is 0 Å². The largest absolute Gasteiger partial charge is 0.313 e. The molecule has 0 radical (unpaired) electrons. The average molecular weight is 310 g/mol. The van der Waals surface area contributed by atoms with E-state index in [1.54, 1.807) is 11.8 Å². The Bertz CT molecular complexity index is 596. The van der Waals surface area contributed by atoms with Crippen LogP contribution in [0, 0.1) is 0 Å². The van der Waals surface area contributed by atoms with Gasteiger partial charge in [0.25, 0.3) is 0 Å². The van der Waals surface area contributed by atoms with Gasteiger partial charge in [-0.3, -0.25) is 0 Å². The van der Waals surface area contributed by atoms with Crippen LogP contribution in [-0.2, 0) is 6.54 Å². The topological polar surface area (TPSA) is 55.6 Å². The van der Waals surface area contributed by atoms with Gasteiger partial charge in [-0.15, -0.1) is 5.10 Å². The Labute approximate surface area is 127 Å². The second-order valence-corrected chi connectivity index (χ2v) is 6.13. The smallest absolute Gasteiger partial charge is 0.214 e. The zero-order valence-electron chi connectivity index (χ0n) is 11.2. The standard InChI is InChI=1S/C13H16ClN5S/c1-2-15-8-9-4-3-5-11(14)12(9)20-13-16-17-18-19(13)10-6-7-10/h3-5,10,15H,2,6-8H2,1H3. The normalized spacial score (nSPS) is 14.7. The van der Waals surface area contributed by atoms with Gasteiger partial charge in [0, 0.05) is 11.4 Å². The molecule has 1 aromatic carbocycles. The number of nitrogens with one attached hydrogen (secondary N) is 1. The van der Waals surface area contributed by atoms with Crippen molar-refractivity contribution in [2.24, 2.45) is 0 Å². The first-order valence-corrected chi connectivity index (χ1v) is 7.93. The van der Waals surface area contributed by atoms with Gasteiger partial charge in [-0.05, 0) is 53.2 Å². The van der Waals surface area contributed by atoms with Crippen molar-refractivity contribution < 1.29 is 0 Å². The zero-order chi connectivity index (χ0) is 13.9. The fourth-order valence-corrected chi connectivity index (χ4v) is 3.24. The van der Waals surface area contributed by atoms with Crippen LogP contribution in [0.25, 0.3) is 0 Å². The lowest BCUT2D eigenvalue weighted by Crippen LogP contribution is -2.12. The highest BCUT2D eigenvalue weighted by Crippen LogP contribution is 2.40. The van der Waals surface area contributed by atoms with Gasteiger partial charge in [0.1, 0.15) is 0 Å². The van der Waals surface area contributed by atoms with Crippen molar-refractivity contribution in [1.82, 2.24) is 25.5 Å². The predicted molar refractivity (Wildman–Crippen MR) is 79.0 cm³/mol. The number of halogens is 1. The lowest BCUT2D eigenvalue weighted by atomic mass is 10.2. The minimum absolute atomic E-state index is 0.465. The van der Waals surface area contributed by atoms with Crippen LogP contribution < -0.4 is 5.32 Å². The molecule has 5 nitrogen and oxygen atoms in total. The number of aromatic nitrogens is 4. The second-order valence-electron chi connectivity index (χ2n) is 4.75. The maximum absolute atomic E-state index is 6.35. The van der Waals surface area contributed by atoms with Crippen molar-refractivity contribution in [3.05, 3.63) is 28.8 Å². The summed E-state index contributed by atoms with van der Waals surface area (Å²) in [7, 11) is 0. The van der Waals surface area contributed by atoms with Gasteiger partial charge < -0.3 is 5.32 Å². The first kappa shape index (κ1) is 13.9. The summed E-state index contributed by atoms with van der Waals surface area (Å²) in [6.45, 7) is 3.81. The van der Waals surface area contributed by atoms with Gasteiger partial charge in [-0.2, -0.15) is 0 Å². The highest BCUT2D eigenvalue weighted by atomic mass is 35.5. The van der Waals surface area contributed by atoms with E-state index >= 15 is 0 Å². The van der Waals surface area contributed by atoms with E-state index in [0.717, 1.165) is 41.0 Å². The number of hydrogen-bond donors (Lipinski definition) is 1. The minimum Gasteiger partial charge on any atom is -0.313 e. The Morgan fingerprint density at radius 2 is 2.30 bits per heavy atom. The van der Waals surface area contributed by atoms with Crippen LogP contribution in [0.1, 0.15) is 31.4 Å². The molecule has 1 saturated carbocycles. The fraction of sp³-hybridized carbons (Fsp3) is 0.462. The van der Waals surface area contributed by atoms with Gasteiger partial charge in [0.05, 0.1) is 11.1 Å². The van der Waals surface area contributed by atoms with Gasteiger partial charge in [-0.1, -0.05) is 30.7 Å². The van der Waals surface area contributed by atoms with Crippen molar-refractivity contribution in [3.8, 4) is 0 Å². The van der Waals surface area contributed by atoms with E-state index in [2.05, 4.69) is 33.8 Å². The van der Waals surface area contributed by atoms with Gasteiger partial charge in [-0.25, -0.2) is 4.68 Å². The molecular formula is C13H16ClN5S. The van der Waals surface area contributed by atoms with Gasteiger partial charge >= 0.3 is 0 Å². The van der Waals surface area contributed by atoms with Crippen molar-refractivity contribution in [1.29, 1.82) is 0 Å². The van der Waals surface area contributed by atoms with Crippen molar-refractivity contribution >= 4 is 23.4 Å². The van der Waals surface area contributed by atoms with Crippen molar-refractivity contribution in [2.75, 3.05) is 6.54 Å². The predicted octanol–water partition coefficient (Wildman–Crippen LogP) is 2.92. The molecule has 1 fully saturated rings. The maximum atomic E-state index is 6.35. The van der Waals surface area contributed by atoms with Crippen LogP contribution in [0.5, 0.6) is 0 Å². The first-order chi connectivity index (χ1) is 9.79. The van der Waals surface area contributed by atoms with Crippen molar-refractivity contribution in [3.63, 3.8) is 0 Å².